The zero-order valence-electron chi connectivity index (χ0n) is 12.3. The van der Waals surface area contributed by atoms with Crippen LogP contribution in [0.2, 0.25) is 0 Å². The molecule has 0 aromatic rings. The Morgan fingerprint density at radius 1 is 1.44 bits per heavy atom. The molecule has 1 rings (SSSR count). The van der Waals surface area contributed by atoms with Gasteiger partial charge >= 0.3 is 0 Å². The first kappa shape index (κ1) is 15.4. The molecule has 0 aliphatic carbocycles. The van der Waals surface area contributed by atoms with Gasteiger partial charge in [-0.15, -0.1) is 0 Å². The van der Waals surface area contributed by atoms with Crippen LogP contribution in [0.25, 0.3) is 0 Å². The summed E-state index contributed by atoms with van der Waals surface area (Å²) >= 11 is 0. The second-order valence-electron chi connectivity index (χ2n) is 5.55. The molecule has 0 saturated carbocycles. The Kier molecular flexibility index (Phi) is 6.65. The standard InChI is InChI=1S/C14H29N3O/c1-5-8-16-14(18)12(4)17(11(2)3)10-13-7-6-9-15-13/h11-13,15H,5-10H2,1-4H3,(H,16,18). The van der Waals surface area contributed by atoms with Crippen molar-refractivity contribution in [1.82, 2.24) is 15.5 Å². The molecule has 0 bridgehead atoms. The second-order valence-corrected chi connectivity index (χ2v) is 5.55. The van der Waals surface area contributed by atoms with E-state index < -0.39 is 0 Å². The minimum Gasteiger partial charge on any atom is -0.355 e. The van der Waals surface area contributed by atoms with E-state index in [2.05, 4.69) is 36.3 Å². The number of hydrogen-bond acceptors (Lipinski definition) is 3. The van der Waals surface area contributed by atoms with Gasteiger partial charge in [0.2, 0.25) is 5.91 Å². The molecule has 18 heavy (non-hydrogen) atoms. The average Bonchev–Trinajstić information content (AvgIpc) is 2.84. The van der Waals surface area contributed by atoms with Crippen molar-refractivity contribution >= 4 is 5.91 Å². The highest BCUT2D eigenvalue weighted by Gasteiger charge is 2.27. The van der Waals surface area contributed by atoms with Gasteiger partial charge in [-0.2, -0.15) is 0 Å². The molecule has 4 nitrogen and oxygen atoms in total. The maximum atomic E-state index is 12.0. The van der Waals surface area contributed by atoms with Crippen molar-refractivity contribution in [2.75, 3.05) is 19.6 Å². The fraction of sp³-hybridized carbons (Fsp3) is 0.929. The average molecular weight is 255 g/mol. The molecule has 106 valence electrons. The summed E-state index contributed by atoms with van der Waals surface area (Å²) < 4.78 is 0. The highest BCUT2D eigenvalue weighted by atomic mass is 16.2. The molecule has 0 aromatic carbocycles. The monoisotopic (exact) mass is 255 g/mol. The van der Waals surface area contributed by atoms with Crippen LogP contribution >= 0.6 is 0 Å². The maximum absolute atomic E-state index is 12.0. The first-order chi connectivity index (χ1) is 8.56. The van der Waals surface area contributed by atoms with Crippen LogP contribution in [0.1, 0.15) is 47.0 Å². The van der Waals surface area contributed by atoms with Gasteiger partial charge in [-0.3, -0.25) is 9.69 Å². The van der Waals surface area contributed by atoms with E-state index in [1.54, 1.807) is 0 Å². The third-order valence-electron chi connectivity index (χ3n) is 3.68. The molecule has 1 heterocycles. The third kappa shape index (κ3) is 4.58. The zero-order chi connectivity index (χ0) is 13.5. The fourth-order valence-corrected chi connectivity index (χ4v) is 2.53. The lowest BCUT2D eigenvalue weighted by Crippen LogP contribution is -2.52. The maximum Gasteiger partial charge on any atom is 0.237 e. The van der Waals surface area contributed by atoms with Gasteiger partial charge in [-0.25, -0.2) is 0 Å². The first-order valence-corrected chi connectivity index (χ1v) is 7.33. The second kappa shape index (κ2) is 7.74. The van der Waals surface area contributed by atoms with Crippen molar-refractivity contribution in [2.45, 2.75) is 65.1 Å². The van der Waals surface area contributed by atoms with Gasteiger partial charge in [0, 0.05) is 25.2 Å². The van der Waals surface area contributed by atoms with Crippen molar-refractivity contribution < 1.29 is 4.79 Å². The Balaban J connectivity index is 2.51. The number of carbonyl (C=O) groups excluding carboxylic acids is 1. The molecule has 1 fully saturated rings. The van der Waals surface area contributed by atoms with Crippen LogP contribution in [0, 0.1) is 0 Å². The van der Waals surface area contributed by atoms with Gasteiger partial charge in [0.05, 0.1) is 6.04 Å². The summed E-state index contributed by atoms with van der Waals surface area (Å²) in [4.78, 5) is 14.3. The topological polar surface area (TPSA) is 44.4 Å². The smallest absolute Gasteiger partial charge is 0.237 e. The number of amides is 1. The van der Waals surface area contributed by atoms with Crippen LogP contribution in [-0.4, -0.2) is 48.6 Å². The van der Waals surface area contributed by atoms with Crippen molar-refractivity contribution in [3.63, 3.8) is 0 Å². The van der Waals surface area contributed by atoms with E-state index in [0.29, 0.717) is 12.1 Å². The Morgan fingerprint density at radius 2 is 2.17 bits per heavy atom. The molecule has 2 N–H and O–H groups in total. The molecule has 1 saturated heterocycles. The molecule has 1 amide bonds. The molecular formula is C14H29N3O. The van der Waals surface area contributed by atoms with Crippen molar-refractivity contribution in [3.8, 4) is 0 Å². The SMILES string of the molecule is CCCNC(=O)C(C)N(CC1CCCN1)C(C)C. The minimum absolute atomic E-state index is 0.0426. The van der Waals surface area contributed by atoms with E-state index in [9.17, 15) is 4.79 Å². The molecule has 1 aliphatic heterocycles. The number of carbonyl (C=O) groups is 1. The Morgan fingerprint density at radius 3 is 2.67 bits per heavy atom. The number of hydrogen-bond donors (Lipinski definition) is 2. The van der Waals surface area contributed by atoms with Crippen LogP contribution in [0.3, 0.4) is 0 Å². The zero-order valence-corrected chi connectivity index (χ0v) is 12.3. The molecular weight excluding hydrogens is 226 g/mol. The van der Waals surface area contributed by atoms with E-state index in [1.807, 2.05) is 6.92 Å². The fourth-order valence-electron chi connectivity index (χ4n) is 2.53. The van der Waals surface area contributed by atoms with Gasteiger partial charge < -0.3 is 10.6 Å². The Bertz CT molecular complexity index is 249. The summed E-state index contributed by atoms with van der Waals surface area (Å²) in [6.07, 6.45) is 3.48. The van der Waals surface area contributed by atoms with Crippen molar-refractivity contribution in [3.05, 3.63) is 0 Å². The predicted octanol–water partition coefficient (Wildman–Crippen LogP) is 1.36. The Labute approximate surface area is 111 Å². The Hall–Kier alpha value is -0.610. The summed E-state index contributed by atoms with van der Waals surface area (Å²) in [7, 11) is 0. The summed E-state index contributed by atoms with van der Waals surface area (Å²) in [6, 6.07) is 0.905. The van der Waals surface area contributed by atoms with Gasteiger partial charge in [-0.1, -0.05) is 6.92 Å². The summed E-state index contributed by atoms with van der Waals surface area (Å²) in [6.45, 7) is 11.3. The summed E-state index contributed by atoms with van der Waals surface area (Å²) in [5, 5.41) is 6.50. The largest absolute Gasteiger partial charge is 0.355 e. The molecule has 4 heteroatoms. The first-order valence-electron chi connectivity index (χ1n) is 7.33. The van der Waals surface area contributed by atoms with E-state index >= 15 is 0 Å². The highest BCUT2D eigenvalue weighted by molar-refractivity contribution is 5.81. The molecule has 2 unspecified atom stereocenters. The predicted molar refractivity (Wildman–Crippen MR) is 75.6 cm³/mol. The van der Waals surface area contributed by atoms with E-state index in [1.165, 1.54) is 12.8 Å². The number of nitrogens with one attached hydrogen (secondary N) is 2. The van der Waals surface area contributed by atoms with Crippen LogP contribution in [0.5, 0.6) is 0 Å². The van der Waals surface area contributed by atoms with Gasteiger partial charge in [-0.05, 0) is 46.6 Å². The van der Waals surface area contributed by atoms with E-state index in [4.69, 9.17) is 0 Å². The van der Waals surface area contributed by atoms with E-state index in [-0.39, 0.29) is 11.9 Å². The quantitative estimate of drug-likeness (QED) is 0.722. The lowest BCUT2D eigenvalue weighted by atomic mass is 10.1. The van der Waals surface area contributed by atoms with Crippen LogP contribution < -0.4 is 10.6 Å². The van der Waals surface area contributed by atoms with Gasteiger partial charge in [0.15, 0.2) is 0 Å². The summed E-state index contributed by atoms with van der Waals surface area (Å²) in [5.74, 6) is 0.156. The van der Waals surface area contributed by atoms with Crippen molar-refractivity contribution in [1.29, 1.82) is 0 Å². The number of nitrogens with zero attached hydrogens (tertiary/aromatic N) is 1. The highest BCUT2D eigenvalue weighted by Crippen LogP contribution is 2.12. The molecule has 0 spiro atoms. The minimum atomic E-state index is -0.0426. The molecule has 1 aliphatic rings. The lowest BCUT2D eigenvalue weighted by Gasteiger charge is -2.34. The van der Waals surface area contributed by atoms with Crippen molar-refractivity contribution in [2.24, 2.45) is 0 Å². The third-order valence-corrected chi connectivity index (χ3v) is 3.68. The van der Waals surface area contributed by atoms with Crippen LogP contribution in [0.4, 0.5) is 0 Å². The van der Waals surface area contributed by atoms with Crippen LogP contribution in [-0.2, 0) is 4.79 Å². The number of rotatable bonds is 7. The molecule has 0 aromatic heterocycles. The van der Waals surface area contributed by atoms with Gasteiger partial charge in [0.1, 0.15) is 0 Å². The molecule has 0 radical (unpaired) electrons. The van der Waals surface area contributed by atoms with Gasteiger partial charge in [0.25, 0.3) is 0 Å². The van der Waals surface area contributed by atoms with Crippen LogP contribution in [0.15, 0.2) is 0 Å². The normalized spacial score (nSPS) is 21.6. The summed E-state index contributed by atoms with van der Waals surface area (Å²) in [5.41, 5.74) is 0. The van der Waals surface area contributed by atoms with E-state index in [0.717, 1.165) is 26.1 Å². The lowest BCUT2D eigenvalue weighted by molar-refractivity contribution is -0.126. The molecule has 2 atom stereocenters.